The molecule has 0 spiro atoms. The summed E-state index contributed by atoms with van der Waals surface area (Å²) in [7, 11) is 0. The smallest absolute Gasteiger partial charge is 0.237 e. The molecule has 1 aromatic carbocycles. The molecule has 4 heteroatoms. The van der Waals surface area contributed by atoms with E-state index in [2.05, 4.69) is 10.3 Å². The highest BCUT2D eigenvalue weighted by Crippen LogP contribution is 2.23. The number of benzene rings is 1. The van der Waals surface area contributed by atoms with Crippen molar-refractivity contribution in [2.75, 3.05) is 5.32 Å². The van der Waals surface area contributed by atoms with Crippen molar-refractivity contribution in [2.24, 2.45) is 0 Å². The molecule has 0 aliphatic rings. The van der Waals surface area contributed by atoms with E-state index in [4.69, 9.17) is 16.3 Å². The summed E-state index contributed by atoms with van der Waals surface area (Å²) >= 11 is 6.13. The quantitative estimate of drug-likeness (QED) is 0.891. The second kappa shape index (κ2) is 6.43. The van der Waals surface area contributed by atoms with Gasteiger partial charge >= 0.3 is 0 Å². The van der Waals surface area contributed by atoms with E-state index in [1.807, 2.05) is 50.2 Å². The van der Waals surface area contributed by atoms with Crippen molar-refractivity contribution in [3.05, 3.63) is 53.2 Å². The summed E-state index contributed by atoms with van der Waals surface area (Å²) in [5.41, 5.74) is 1.92. The highest BCUT2D eigenvalue weighted by atomic mass is 35.5. The number of rotatable bonds is 5. The van der Waals surface area contributed by atoms with Crippen LogP contribution in [0.4, 0.5) is 5.69 Å². The zero-order chi connectivity index (χ0) is 13.7. The zero-order valence-electron chi connectivity index (χ0n) is 11.1. The third-order valence-electron chi connectivity index (χ3n) is 2.55. The number of hydrogen-bond acceptors (Lipinski definition) is 3. The van der Waals surface area contributed by atoms with Crippen LogP contribution in [0.25, 0.3) is 0 Å². The number of halogens is 1. The van der Waals surface area contributed by atoms with Crippen molar-refractivity contribution in [1.29, 1.82) is 0 Å². The molecule has 1 N–H and O–H groups in total. The van der Waals surface area contributed by atoms with Crippen LogP contribution in [0.15, 0.2) is 42.6 Å². The molecule has 0 saturated carbocycles. The predicted molar refractivity (Wildman–Crippen MR) is 78.8 cm³/mol. The molecule has 100 valence electrons. The first-order valence-electron chi connectivity index (χ1n) is 6.26. The van der Waals surface area contributed by atoms with Gasteiger partial charge in [-0.05, 0) is 37.6 Å². The maximum atomic E-state index is 6.13. The Labute approximate surface area is 118 Å². The summed E-state index contributed by atoms with van der Waals surface area (Å²) in [6.45, 7) is 4.60. The van der Waals surface area contributed by atoms with E-state index in [1.165, 1.54) is 0 Å². The minimum absolute atomic E-state index is 0.0933. The van der Waals surface area contributed by atoms with Crippen molar-refractivity contribution in [3.63, 3.8) is 0 Å². The van der Waals surface area contributed by atoms with E-state index >= 15 is 0 Å². The maximum Gasteiger partial charge on any atom is 0.237 e. The van der Waals surface area contributed by atoms with Gasteiger partial charge in [-0.15, -0.1) is 0 Å². The number of nitrogens with zero attached hydrogens (tertiary/aromatic N) is 1. The van der Waals surface area contributed by atoms with Gasteiger partial charge in [-0.1, -0.05) is 29.8 Å². The molecule has 2 aromatic rings. The Kier molecular flexibility index (Phi) is 4.63. The second-order valence-corrected chi connectivity index (χ2v) is 4.87. The van der Waals surface area contributed by atoms with Crippen LogP contribution in [0.5, 0.6) is 5.88 Å². The maximum absolute atomic E-state index is 6.13. The van der Waals surface area contributed by atoms with E-state index in [1.54, 1.807) is 6.20 Å². The van der Waals surface area contributed by atoms with Crippen LogP contribution in [0.1, 0.15) is 19.4 Å². The van der Waals surface area contributed by atoms with Crippen LogP contribution in [0, 0.1) is 0 Å². The number of anilines is 1. The summed E-state index contributed by atoms with van der Waals surface area (Å²) in [6.07, 6.45) is 1.81. The number of nitrogens with one attached hydrogen (secondary N) is 1. The summed E-state index contributed by atoms with van der Waals surface area (Å²) in [5.74, 6) is 0.615. The molecule has 0 atom stereocenters. The summed E-state index contributed by atoms with van der Waals surface area (Å²) < 4.78 is 5.66. The molecule has 1 heterocycles. The summed E-state index contributed by atoms with van der Waals surface area (Å²) in [5, 5.41) is 4.06. The van der Waals surface area contributed by atoms with Gasteiger partial charge in [0.1, 0.15) is 0 Å². The number of pyridine rings is 1. The van der Waals surface area contributed by atoms with E-state index in [-0.39, 0.29) is 6.10 Å². The van der Waals surface area contributed by atoms with Crippen LogP contribution in [0.3, 0.4) is 0 Å². The number of aromatic nitrogens is 1. The van der Waals surface area contributed by atoms with Crippen molar-refractivity contribution in [1.82, 2.24) is 4.98 Å². The average molecular weight is 277 g/mol. The minimum Gasteiger partial charge on any atom is -0.473 e. The molecule has 2 rings (SSSR count). The molecule has 0 amide bonds. The van der Waals surface area contributed by atoms with Crippen molar-refractivity contribution < 1.29 is 4.74 Å². The Morgan fingerprint density at radius 3 is 2.74 bits per heavy atom. The standard InChI is InChI=1S/C15H17ClN2O/c1-11(2)19-15-14(8-5-9-17-15)18-10-12-6-3-4-7-13(12)16/h3-9,11,18H,10H2,1-2H3. The summed E-state index contributed by atoms with van der Waals surface area (Å²) in [4.78, 5) is 4.24. The Bertz CT molecular complexity index is 543. The van der Waals surface area contributed by atoms with Crippen LogP contribution < -0.4 is 10.1 Å². The van der Waals surface area contributed by atoms with E-state index in [9.17, 15) is 0 Å². The molecule has 0 saturated heterocycles. The highest BCUT2D eigenvalue weighted by molar-refractivity contribution is 6.31. The van der Waals surface area contributed by atoms with E-state index < -0.39 is 0 Å². The van der Waals surface area contributed by atoms with Crippen molar-refractivity contribution in [3.8, 4) is 5.88 Å². The molecule has 0 unspecified atom stereocenters. The van der Waals surface area contributed by atoms with Gasteiger partial charge in [-0.25, -0.2) is 4.98 Å². The molecule has 19 heavy (non-hydrogen) atoms. The molecule has 0 aliphatic carbocycles. The SMILES string of the molecule is CC(C)Oc1ncccc1NCc1ccccc1Cl. The van der Waals surface area contributed by atoms with Gasteiger partial charge in [-0.3, -0.25) is 0 Å². The lowest BCUT2D eigenvalue weighted by Gasteiger charge is -2.14. The molecule has 0 fully saturated rings. The van der Waals surface area contributed by atoms with Gasteiger partial charge in [0.25, 0.3) is 0 Å². The molecular weight excluding hydrogens is 260 g/mol. The first-order chi connectivity index (χ1) is 9.16. The lowest BCUT2D eigenvalue weighted by atomic mass is 10.2. The minimum atomic E-state index is 0.0933. The third-order valence-corrected chi connectivity index (χ3v) is 2.91. The van der Waals surface area contributed by atoms with E-state index in [0.717, 1.165) is 16.3 Å². The van der Waals surface area contributed by atoms with Gasteiger partial charge in [0.15, 0.2) is 0 Å². The van der Waals surface area contributed by atoms with Crippen LogP contribution in [-0.2, 0) is 6.54 Å². The lowest BCUT2D eigenvalue weighted by Crippen LogP contribution is -2.10. The molecular formula is C15H17ClN2O. The Balaban J connectivity index is 2.09. The summed E-state index contributed by atoms with van der Waals surface area (Å²) in [6, 6.07) is 11.6. The topological polar surface area (TPSA) is 34.1 Å². The lowest BCUT2D eigenvalue weighted by molar-refractivity contribution is 0.234. The molecule has 0 radical (unpaired) electrons. The molecule has 1 aromatic heterocycles. The molecule has 0 bridgehead atoms. The van der Waals surface area contributed by atoms with Gasteiger partial charge in [0.2, 0.25) is 5.88 Å². The normalized spacial score (nSPS) is 10.5. The zero-order valence-corrected chi connectivity index (χ0v) is 11.8. The average Bonchev–Trinajstić information content (AvgIpc) is 2.39. The fourth-order valence-electron chi connectivity index (χ4n) is 1.67. The fraction of sp³-hybridized carbons (Fsp3) is 0.267. The monoisotopic (exact) mass is 276 g/mol. The van der Waals surface area contributed by atoms with Crippen LogP contribution >= 0.6 is 11.6 Å². The Hall–Kier alpha value is -1.74. The molecule has 3 nitrogen and oxygen atoms in total. The Morgan fingerprint density at radius 1 is 1.21 bits per heavy atom. The first-order valence-corrected chi connectivity index (χ1v) is 6.63. The van der Waals surface area contributed by atoms with E-state index in [0.29, 0.717) is 12.4 Å². The number of hydrogen-bond donors (Lipinski definition) is 1. The molecule has 0 aliphatic heterocycles. The predicted octanol–water partition coefficient (Wildman–Crippen LogP) is 4.13. The Morgan fingerprint density at radius 2 is 2.00 bits per heavy atom. The largest absolute Gasteiger partial charge is 0.473 e. The number of ether oxygens (including phenoxy) is 1. The van der Waals surface area contributed by atoms with Gasteiger partial charge in [0.05, 0.1) is 11.8 Å². The highest BCUT2D eigenvalue weighted by Gasteiger charge is 2.07. The second-order valence-electron chi connectivity index (χ2n) is 4.47. The van der Waals surface area contributed by atoms with Crippen molar-refractivity contribution in [2.45, 2.75) is 26.5 Å². The third kappa shape index (κ3) is 3.86. The van der Waals surface area contributed by atoms with Gasteiger partial charge in [0, 0.05) is 17.8 Å². The van der Waals surface area contributed by atoms with Crippen LogP contribution in [0.2, 0.25) is 5.02 Å². The fourth-order valence-corrected chi connectivity index (χ4v) is 1.88. The first kappa shape index (κ1) is 13.7. The van der Waals surface area contributed by atoms with Gasteiger partial charge in [-0.2, -0.15) is 0 Å². The van der Waals surface area contributed by atoms with Crippen molar-refractivity contribution >= 4 is 17.3 Å². The van der Waals surface area contributed by atoms with Crippen LogP contribution in [-0.4, -0.2) is 11.1 Å². The van der Waals surface area contributed by atoms with Gasteiger partial charge < -0.3 is 10.1 Å².